The second-order valence-electron chi connectivity index (χ2n) is 6.52. The van der Waals surface area contributed by atoms with Crippen molar-refractivity contribution in [2.75, 3.05) is 13.1 Å². The Balaban J connectivity index is 0.000000370. The number of aryl methyl sites for hydroxylation is 1. The maximum absolute atomic E-state index is 13.7. The summed E-state index contributed by atoms with van der Waals surface area (Å²) < 4.78 is 58.7. The van der Waals surface area contributed by atoms with E-state index in [1.165, 1.54) is 18.2 Å². The number of carboxylic acids is 1. The van der Waals surface area contributed by atoms with Crippen molar-refractivity contribution in [3.63, 3.8) is 0 Å². The van der Waals surface area contributed by atoms with Crippen molar-refractivity contribution >= 4 is 17.7 Å². The Kier molecular flexibility index (Phi) is 8.04. The number of halogens is 5. The molecule has 0 saturated carbocycles. The highest BCUT2D eigenvalue weighted by Gasteiger charge is 2.38. The summed E-state index contributed by atoms with van der Waals surface area (Å²) in [7, 11) is 0. The van der Waals surface area contributed by atoms with Crippen LogP contribution in [-0.2, 0) is 4.79 Å². The first-order valence-corrected chi connectivity index (χ1v) is 9.64. The summed E-state index contributed by atoms with van der Waals surface area (Å²) >= 11 is 1.60. The quantitative estimate of drug-likeness (QED) is 0.626. The van der Waals surface area contributed by atoms with E-state index < -0.39 is 12.1 Å². The molecule has 9 heteroatoms. The molecule has 158 valence electrons. The van der Waals surface area contributed by atoms with Gasteiger partial charge in [0, 0.05) is 9.79 Å². The topological polar surface area (TPSA) is 49.3 Å². The van der Waals surface area contributed by atoms with E-state index in [2.05, 4.69) is 5.32 Å². The van der Waals surface area contributed by atoms with Crippen LogP contribution in [0.5, 0.6) is 0 Å². The lowest BCUT2D eigenvalue weighted by Crippen LogP contribution is -2.26. The normalized spacial score (nSPS) is 14.8. The molecule has 1 aliphatic heterocycles. The van der Waals surface area contributed by atoms with Gasteiger partial charge in [0.15, 0.2) is 0 Å². The smallest absolute Gasteiger partial charge is 0.475 e. The van der Waals surface area contributed by atoms with Crippen LogP contribution < -0.4 is 5.32 Å². The number of nitrogens with one attached hydrogen (secondary N) is 1. The van der Waals surface area contributed by atoms with Gasteiger partial charge in [0.1, 0.15) is 11.6 Å². The number of carbonyl (C=O) groups is 1. The minimum atomic E-state index is -5.08. The Hall–Kier alpha value is -2.13. The molecular weight excluding hydrogens is 413 g/mol. The van der Waals surface area contributed by atoms with Gasteiger partial charge in [0.25, 0.3) is 0 Å². The first-order chi connectivity index (χ1) is 13.6. The van der Waals surface area contributed by atoms with Gasteiger partial charge in [-0.3, -0.25) is 0 Å². The van der Waals surface area contributed by atoms with Crippen molar-refractivity contribution in [2.24, 2.45) is 0 Å². The van der Waals surface area contributed by atoms with Crippen molar-refractivity contribution in [1.82, 2.24) is 5.32 Å². The molecule has 1 saturated heterocycles. The summed E-state index contributed by atoms with van der Waals surface area (Å²) in [4.78, 5) is 11.0. The number of hydrogen-bond donors (Lipinski definition) is 2. The zero-order valence-electron chi connectivity index (χ0n) is 15.5. The molecule has 0 aliphatic carbocycles. The fourth-order valence-electron chi connectivity index (χ4n) is 2.91. The van der Waals surface area contributed by atoms with E-state index in [1.54, 1.807) is 23.9 Å². The van der Waals surface area contributed by atoms with E-state index in [9.17, 15) is 22.0 Å². The van der Waals surface area contributed by atoms with Crippen molar-refractivity contribution in [3.05, 3.63) is 59.2 Å². The summed E-state index contributed by atoms with van der Waals surface area (Å²) in [5, 5.41) is 10.5. The Labute approximate surface area is 169 Å². The summed E-state index contributed by atoms with van der Waals surface area (Å²) in [6, 6.07) is 9.83. The molecule has 0 atom stereocenters. The highest BCUT2D eigenvalue weighted by molar-refractivity contribution is 7.99. The molecule has 1 aliphatic rings. The number of benzene rings is 2. The maximum atomic E-state index is 13.7. The standard InChI is InChI=1S/C18H19F2NS.C2HF3O2/c1-12-10-14(19)2-4-17(12)22-18-5-3-15(20)11-16(18)13-6-8-21-9-7-13;3-2(4,5)1(6)7/h2-5,10-11,13,21H,6-9H2,1H3;(H,6,7). The molecule has 3 nitrogen and oxygen atoms in total. The first-order valence-electron chi connectivity index (χ1n) is 8.82. The van der Waals surface area contributed by atoms with E-state index >= 15 is 0 Å². The monoisotopic (exact) mass is 433 g/mol. The van der Waals surface area contributed by atoms with Gasteiger partial charge in [-0.25, -0.2) is 13.6 Å². The minimum Gasteiger partial charge on any atom is -0.475 e. The number of carboxylic acid groups (broad SMARTS) is 1. The lowest BCUT2D eigenvalue weighted by atomic mass is 9.90. The minimum absolute atomic E-state index is 0.186. The number of hydrogen-bond acceptors (Lipinski definition) is 3. The largest absolute Gasteiger partial charge is 0.490 e. The van der Waals surface area contributed by atoms with Gasteiger partial charge in [0.05, 0.1) is 0 Å². The summed E-state index contributed by atoms with van der Waals surface area (Å²) in [5.41, 5.74) is 1.99. The zero-order chi connectivity index (χ0) is 21.6. The average molecular weight is 433 g/mol. The van der Waals surface area contributed by atoms with Crippen LogP contribution in [0.3, 0.4) is 0 Å². The van der Waals surface area contributed by atoms with Gasteiger partial charge < -0.3 is 10.4 Å². The number of piperidine rings is 1. The second kappa shape index (κ2) is 10.1. The number of rotatable bonds is 3. The van der Waals surface area contributed by atoms with Crippen LogP contribution in [0.15, 0.2) is 46.2 Å². The highest BCUT2D eigenvalue weighted by atomic mass is 32.2. The highest BCUT2D eigenvalue weighted by Crippen LogP contribution is 2.38. The van der Waals surface area contributed by atoms with Gasteiger partial charge in [-0.1, -0.05) is 11.8 Å². The van der Waals surface area contributed by atoms with Gasteiger partial charge in [-0.05, 0) is 86.3 Å². The van der Waals surface area contributed by atoms with Crippen molar-refractivity contribution in [1.29, 1.82) is 0 Å². The molecule has 1 fully saturated rings. The maximum Gasteiger partial charge on any atom is 0.490 e. The van der Waals surface area contributed by atoms with E-state index in [0.29, 0.717) is 5.92 Å². The van der Waals surface area contributed by atoms with E-state index in [4.69, 9.17) is 9.90 Å². The molecule has 0 amide bonds. The molecule has 0 aromatic heterocycles. The predicted molar refractivity (Wildman–Crippen MR) is 100 cm³/mol. The third-order valence-electron chi connectivity index (χ3n) is 4.35. The Morgan fingerprint density at radius 3 is 2.07 bits per heavy atom. The Morgan fingerprint density at radius 2 is 1.55 bits per heavy atom. The van der Waals surface area contributed by atoms with Crippen LogP contribution in [0.2, 0.25) is 0 Å². The average Bonchev–Trinajstić information content (AvgIpc) is 2.65. The SMILES string of the molecule is Cc1cc(F)ccc1Sc1ccc(F)cc1C1CCNCC1.O=C(O)C(F)(F)F. The fourth-order valence-corrected chi connectivity index (χ4v) is 3.98. The third-order valence-corrected chi connectivity index (χ3v) is 5.62. The van der Waals surface area contributed by atoms with E-state index in [1.807, 2.05) is 13.0 Å². The van der Waals surface area contributed by atoms with E-state index in [0.717, 1.165) is 46.8 Å². The lowest BCUT2D eigenvalue weighted by Gasteiger charge is -2.25. The summed E-state index contributed by atoms with van der Waals surface area (Å²) in [5.74, 6) is -2.78. The molecule has 0 unspecified atom stereocenters. The van der Waals surface area contributed by atoms with Crippen molar-refractivity contribution in [3.8, 4) is 0 Å². The van der Waals surface area contributed by atoms with Gasteiger partial charge in [0.2, 0.25) is 0 Å². The summed E-state index contributed by atoms with van der Waals surface area (Å²) in [6.45, 7) is 3.85. The first kappa shape index (κ1) is 23.2. The number of alkyl halides is 3. The lowest BCUT2D eigenvalue weighted by molar-refractivity contribution is -0.192. The van der Waals surface area contributed by atoms with Crippen LogP contribution in [0, 0.1) is 18.6 Å². The molecular formula is C20H20F5NO2S. The van der Waals surface area contributed by atoms with Crippen LogP contribution in [0.1, 0.15) is 29.9 Å². The van der Waals surface area contributed by atoms with Gasteiger partial charge >= 0.3 is 12.1 Å². The molecule has 2 aromatic carbocycles. The Morgan fingerprint density at radius 1 is 1.03 bits per heavy atom. The molecule has 2 N–H and O–H groups in total. The van der Waals surface area contributed by atoms with Gasteiger partial charge in [-0.15, -0.1) is 0 Å². The Bertz CT molecular complexity index is 851. The van der Waals surface area contributed by atoms with Crippen molar-refractivity contribution < 1.29 is 31.9 Å². The second-order valence-corrected chi connectivity index (χ2v) is 7.60. The number of aliphatic carboxylic acids is 1. The van der Waals surface area contributed by atoms with Crippen molar-refractivity contribution in [2.45, 2.75) is 41.7 Å². The van der Waals surface area contributed by atoms with Crippen LogP contribution in [0.4, 0.5) is 22.0 Å². The summed E-state index contributed by atoms with van der Waals surface area (Å²) in [6.07, 6.45) is -3.03. The van der Waals surface area contributed by atoms with Crippen LogP contribution >= 0.6 is 11.8 Å². The third kappa shape index (κ3) is 7.01. The molecule has 0 bridgehead atoms. The molecule has 3 rings (SSSR count). The molecule has 0 spiro atoms. The van der Waals surface area contributed by atoms with E-state index in [-0.39, 0.29) is 11.6 Å². The van der Waals surface area contributed by atoms with Crippen LogP contribution in [-0.4, -0.2) is 30.3 Å². The molecule has 1 heterocycles. The molecule has 29 heavy (non-hydrogen) atoms. The van der Waals surface area contributed by atoms with Crippen LogP contribution in [0.25, 0.3) is 0 Å². The van der Waals surface area contributed by atoms with Gasteiger partial charge in [-0.2, -0.15) is 13.2 Å². The molecule has 0 radical (unpaired) electrons. The fraction of sp³-hybridized carbons (Fsp3) is 0.350. The molecule has 2 aromatic rings. The zero-order valence-corrected chi connectivity index (χ0v) is 16.3. The predicted octanol–water partition coefficient (Wildman–Crippen LogP) is 5.52.